The molecule has 0 N–H and O–H groups in total. The van der Waals surface area contributed by atoms with E-state index in [-0.39, 0.29) is 5.25 Å². The molecule has 0 saturated carbocycles. The van der Waals surface area contributed by atoms with Gasteiger partial charge in [0.2, 0.25) is 11.8 Å². The maximum absolute atomic E-state index is 5.33. The Morgan fingerprint density at radius 2 is 2.29 bits per heavy atom. The Morgan fingerprint density at radius 3 is 2.86 bits per heavy atom. The molecule has 1 heterocycles. The van der Waals surface area contributed by atoms with Gasteiger partial charge in [-0.1, -0.05) is 0 Å². The van der Waals surface area contributed by atoms with E-state index in [0.717, 1.165) is 18.8 Å². The SMILES string of the molecule is COCCCSC(C)c1nnc(C)o1. The molecule has 80 valence electrons. The molecule has 0 aliphatic carbocycles. The van der Waals surface area contributed by atoms with Gasteiger partial charge < -0.3 is 9.15 Å². The summed E-state index contributed by atoms with van der Waals surface area (Å²) >= 11 is 1.81. The van der Waals surface area contributed by atoms with Gasteiger partial charge in [0.25, 0.3) is 0 Å². The Kier molecular flexibility index (Phi) is 4.97. The zero-order chi connectivity index (χ0) is 10.4. The van der Waals surface area contributed by atoms with Crippen LogP contribution in [-0.2, 0) is 4.74 Å². The van der Waals surface area contributed by atoms with Crippen molar-refractivity contribution in [1.29, 1.82) is 0 Å². The maximum atomic E-state index is 5.33. The molecule has 5 heteroatoms. The largest absolute Gasteiger partial charge is 0.424 e. The molecule has 0 amide bonds. The number of hydrogen-bond donors (Lipinski definition) is 0. The lowest BCUT2D eigenvalue weighted by atomic mass is 10.5. The first-order valence-corrected chi connectivity index (χ1v) is 5.69. The van der Waals surface area contributed by atoms with Crippen LogP contribution in [0.15, 0.2) is 4.42 Å². The van der Waals surface area contributed by atoms with Gasteiger partial charge in [0.15, 0.2) is 0 Å². The third kappa shape index (κ3) is 3.67. The third-order valence-corrected chi connectivity index (χ3v) is 2.98. The fourth-order valence-electron chi connectivity index (χ4n) is 1.01. The Morgan fingerprint density at radius 1 is 1.50 bits per heavy atom. The molecular formula is C9H16N2O2S. The van der Waals surface area contributed by atoms with Crippen molar-refractivity contribution in [2.45, 2.75) is 25.5 Å². The van der Waals surface area contributed by atoms with Crippen molar-refractivity contribution in [3.8, 4) is 0 Å². The Hall–Kier alpha value is -0.550. The number of aryl methyl sites for hydroxylation is 1. The van der Waals surface area contributed by atoms with Crippen LogP contribution in [0.2, 0.25) is 0 Å². The number of ether oxygens (including phenoxy) is 1. The van der Waals surface area contributed by atoms with Crippen molar-refractivity contribution >= 4 is 11.8 Å². The summed E-state index contributed by atoms with van der Waals surface area (Å²) in [5, 5.41) is 8.04. The van der Waals surface area contributed by atoms with Crippen LogP contribution >= 0.6 is 11.8 Å². The van der Waals surface area contributed by atoms with Crippen molar-refractivity contribution < 1.29 is 9.15 Å². The van der Waals surface area contributed by atoms with Gasteiger partial charge in [0, 0.05) is 20.6 Å². The fourth-order valence-corrected chi connectivity index (χ4v) is 1.89. The van der Waals surface area contributed by atoms with E-state index in [1.54, 1.807) is 25.8 Å². The number of rotatable bonds is 6. The molecule has 0 radical (unpaired) electrons. The number of thioether (sulfide) groups is 1. The summed E-state index contributed by atoms with van der Waals surface area (Å²) < 4.78 is 10.3. The number of aromatic nitrogens is 2. The Labute approximate surface area is 88.4 Å². The lowest BCUT2D eigenvalue weighted by Gasteiger charge is -2.05. The van der Waals surface area contributed by atoms with Crippen molar-refractivity contribution in [3.63, 3.8) is 0 Å². The van der Waals surface area contributed by atoms with Crippen LogP contribution in [0.1, 0.15) is 30.4 Å². The van der Waals surface area contributed by atoms with Gasteiger partial charge in [-0.15, -0.1) is 22.0 Å². The first-order chi connectivity index (χ1) is 6.74. The predicted octanol–water partition coefficient (Wildman–Crippen LogP) is 2.21. The molecule has 0 aliphatic heterocycles. The molecule has 0 aliphatic rings. The lowest BCUT2D eigenvalue weighted by molar-refractivity contribution is 0.200. The van der Waals surface area contributed by atoms with Crippen molar-refractivity contribution in [2.24, 2.45) is 0 Å². The number of hydrogen-bond acceptors (Lipinski definition) is 5. The molecule has 1 rings (SSSR count). The highest BCUT2D eigenvalue weighted by Crippen LogP contribution is 2.27. The average molecular weight is 216 g/mol. The third-order valence-electron chi connectivity index (χ3n) is 1.75. The summed E-state index contributed by atoms with van der Waals surface area (Å²) in [4.78, 5) is 0. The van der Waals surface area contributed by atoms with Crippen LogP contribution in [0.25, 0.3) is 0 Å². The van der Waals surface area contributed by atoms with E-state index in [2.05, 4.69) is 17.1 Å². The first kappa shape index (κ1) is 11.5. The van der Waals surface area contributed by atoms with Crippen LogP contribution < -0.4 is 0 Å². The van der Waals surface area contributed by atoms with Gasteiger partial charge in [-0.05, 0) is 19.1 Å². The summed E-state index contributed by atoms with van der Waals surface area (Å²) in [5.41, 5.74) is 0. The minimum atomic E-state index is 0.271. The quantitative estimate of drug-likeness (QED) is 0.682. The van der Waals surface area contributed by atoms with Gasteiger partial charge in [-0.25, -0.2) is 0 Å². The van der Waals surface area contributed by atoms with Crippen LogP contribution in [0.4, 0.5) is 0 Å². The highest BCUT2D eigenvalue weighted by molar-refractivity contribution is 7.99. The van der Waals surface area contributed by atoms with Gasteiger partial charge in [0.05, 0.1) is 5.25 Å². The Balaban J connectivity index is 2.25. The summed E-state index contributed by atoms with van der Waals surface area (Å²) in [6.45, 7) is 4.69. The fraction of sp³-hybridized carbons (Fsp3) is 0.778. The van der Waals surface area contributed by atoms with E-state index in [9.17, 15) is 0 Å². The molecule has 0 aromatic carbocycles. The summed E-state index contributed by atoms with van der Waals surface area (Å²) in [7, 11) is 1.72. The summed E-state index contributed by atoms with van der Waals surface area (Å²) in [6.07, 6.45) is 1.05. The second-order valence-corrected chi connectivity index (χ2v) is 4.47. The zero-order valence-electron chi connectivity index (χ0n) is 8.82. The van der Waals surface area contributed by atoms with Crippen LogP contribution in [-0.4, -0.2) is 29.7 Å². The second-order valence-electron chi connectivity index (χ2n) is 3.02. The molecule has 14 heavy (non-hydrogen) atoms. The minimum absolute atomic E-state index is 0.271. The second kappa shape index (κ2) is 6.03. The van der Waals surface area contributed by atoms with Gasteiger partial charge in [-0.3, -0.25) is 0 Å². The van der Waals surface area contributed by atoms with E-state index < -0.39 is 0 Å². The van der Waals surface area contributed by atoms with E-state index in [4.69, 9.17) is 9.15 Å². The highest BCUT2D eigenvalue weighted by atomic mass is 32.2. The molecule has 1 aromatic heterocycles. The standard InChI is InChI=1S/C9H16N2O2S/c1-7(14-6-4-5-12-3)9-11-10-8(2)13-9/h7H,4-6H2,1-3H3. The maximum Gasteiger partial charge on any atom is 0.229 e. The van der Waals surface area contributed by atoms with E-state index in [1.807, 2.05) is 0 Å². The molecule has 0 saturated heterocycles. The van der Waals surface area contributed by atoms with Crippen molar-refractivity contribution in [2.75, 3.05) is 19.5 Å². The summed E-state index contributed by atoms with van der Waals surface area (Å²) in [5.74, 6) is 2.39. The average Bonchev–Trinajstić information content (AvgIpc) is 2.59. The van der Waals surface area contributed by atoms with E-state index in [1.165, 1.54) is 0 Å². The molecule has 0 spiro atoms. The minimum Gasteiger partial charge on any atom is -0.424 e. The monoisotopic (exact) mass is 216 g/mol. The Bertz CT molecular complexity index is 265. The lowest BCUT2D eigenvalue weighted by Crippen LogP contribution is -1.94. The van der Waals surface area contributed by atoms with Crippen molar-refractivity contribution in [3.05, 3.63) is 11.8 Å². The molecule has 1 atom stereocenters. The van der Waals surface area contributed by atoms with Crippen molar-refractivity contribution in [1.82, 2.24) is 10.2 Å². The molecule has 0 fully saturated rings. The molecule has 4 nitrogen and oxygen atoms in total. The smallest absolute Gasteiger partial charge is 0.229 e. The highest BCUT2D eigenvalue weighted by Gasteiger charge is 2.12. The normalized spacial score (nSPS) is 13.1. The number of methoxy groups -OCH3 is 1. The van der Waals surface area contributed by atoms with Crippen LogP contribution in [0, 0.1) is 6.92 Å². The molecule has 0 bridgehead atoms. The van der Waals surface area contributed by atoms with Gasteiger partial charge in [0.1, 0.15) is 0 Å². The topological polar surface area (TPSA) is 48.2 Å². The van der Waals surface area contributed by atoms with Gasteiger partial charge in [-0.2, -0.15) is 0 Å². The zero-order valence-corrected chi connectivity index (χ0v) is 9.63. The molecular weight excluding hydrogens is 200 g/mol. The van der Waals surface area contributed by atoms with E-state index >= 15 is 0 Å². The van der Waals surface area contributed by atoms with Crippen LogP contribution in [0.5, 0.6) is 0 Å². The van der Waals surface area contributed by atoms with Gasteiger partial charge >= 0.3 is 0 Å². The van der Waals surface area contributed by atoms with E-state index in [0.29, 0.717) is 11.8 Å². The number of nitrogens with zero attached hydrogens (tertiary/aromatic N) is 2. The molecule has 1 unspecified atom stereocenters. The first-order valence-electron chi connectivity index (χ1n) is 4.64. The summed E-state index contributed by atoms with van der Waals surface area (Å²) in [6, 6.07) is 0. The van der Waals surface area contributed by atoms with Crippen LogP contribution in [0.3, 0.4) is 0 Å². The predicted molar refractivity (Wildman–Crippen MR) is 56.4 cm³/mol. The molecule has 1 aromatic rings.